The SMILES string of the molecule is CCOc1cc2occ(-c3ccc(F)cc3)c2cc1/C(C)=C/C(=O)Nc1ccccc1CC. The molecule has 0 spiro atoms. The Kier molecular flexibility index (Phi) is 6.59. The van der Waals surface area contributed by atoms with Crippen molar-refractivity contribution in [2.75, 3.05) is 11.9 Å². The van der Waals surface area contributed by atoms with E-state index in [0.29, 0.717) is 17.9 Å². The Labute approximate surface area is 192 Å². The van der Waals surface area contributed by atoms with Crippen molar-refractivity contribution in [2.24, 2.45) is 0 Å². The summed E-state index contributed by atoms with van der Waals surface area (Å²) >= 11 is 0. The van der Waals surface area contributed by atoms with Crippen molar-refractivity contribution in [1.82, 2.24) is 0 Å². The van der Waals surface area contributed by atoms with Crippen molar-refractivity contribution in [3.63, 3.8) is 0 Å². The molecule has 1 aromatic heterocycles. The third kappa shape index (κ3) is 4.82. The highest BCUT2D eigenvalue weighted by Crippen LogP contribution is 2.37. The van der Waals surface area contributed by atoms with Gasteiger partial charge < -0.3 is 14.5 Å². The summed E-state index contributed by atoms with van der Waals surface area (Å²) in [5.74, 6) is 0.141. The van der Waals surface area contributed by atoms with Gasteiger partial charge in [0.15, 0.2) is 0 Å². The first-order valence-electron chi connectivity index (χ1n) is 11.0. The lowest BCUT2D eigenvalue weighted by atomic mass is 9.99. The molecule has 1 amide bonds. The molecule has 5 heteroatoms. The van der Waals surface area contributed by atoms with E-state index < -0.39 is 0 Å². The second-order valence-electron chi connectivity index (χ2n) is 7.76. The van der Waals surface area contributed by atoms with Crippen LogP contribution in [0, 0.1) is 5.82 Å². The van der Waals surface area contributed by atoms with E-state index >= 15 is 0 Å². The van der Waals surface area contributed by atoms with Crippen LogP contribution in [0.1, 0.15) is 31.9 Å². The normalized spacial score (nSPS) is 11.6. The van der Waals surface area contributed by atoms with Crippen molar-refractivity contribution < 1.29 is 18.3 Å². The number of ether oxygens (including phenoxy) is 1. The third-order valence-electron chi connectivity index (χ3n) is 5.56. The van der Waals surface area contributed by atoms with Crippen LogP contribution in [0.4, 0.5) is 10.1 Å². The zero-order chi connectivity index (χ0) is 23.4. The quantitative estimate of drug-likeness (QED) is 0.306. The van der Waals surface area contributed by atoms with Crippen LogP contribution in [0.2, 0.25) is 0 Å². The van der Waals surface area contributed by atoms with E-state index in [1.54, 1.807) is 24.5 Å². The van der Waals surface area contributed by atoms with Crippen molar-refractivity contribution in [3.8, 4) is 16.9 Å². The van der Waals surface area contributed by atoms with Crippen LogP contribution in [0.25, 0.3) is 27.7 Å². The van der Waals surface area contributed by atoms with Crippen LogP contribution >= 0.6 is 0 Å². The molecule has 0 fully saturated rings. The summed E-state index contributed by atoms with van der Waals surface area (Å²) in [4.78, 5) is 12.8. The number of hydrogen-bond donors (Lipinski definition) is 1. The number of amides is 1. The molecule has 0 aliphatic rings. The van der Waals surface area contributed by atoms with Gasteiger partial charge in [-0.1, -0.05) is 37.3 Å². The predicted molar refractivity (Wildman–Crippen MR) is 131 cm³/mol. The Morgan fingerprint density at radius 2 is 1.85 bits per heavy atom. The minimum atomic E-state index is -0.291. The van der Waals surface area contributed by atoms with Crippen molar-refractivity contribution in [3.05, 3.63) is 89.9 Å². The zero-order valence-corrected chi connectivity index (χ0v) is 18.9. The summed E-state index contributed by atoms with van der Waals surface area (Å²) in [6, 6.07) is 17.9. The molecule has 0 aliphatic heterocycles. The van der Waals surface area contributed by atoms with E-state index in [9.17, 15) is 9.18 Å². The zero-order valence-electron chi connectivity index (χ0n) is 18.9. The molecule has 0 aliphatic carbocycles. The minimum Gasteiger partial charge on any atom is -0.493 e. The molecule has 4 aromatic rings. The maximum absolute atomic E-state index is 13.4. The highest BCUT2D eigenvalue weighted by atomic mass is 19.1. The number of hydrogen-bond acceptors (Lipinski definition) is 3. The number of halogens is 1. The van der Waals surface area contributed by atoms with Crippen LogP contribution in [0.15, 0.2) is 77.4 Å². The van der Waals surface area contributed by atoms with Gasteiger partial charge in [-0.15, -0.1) is 0 Å². The maximum atomic E-state index is 13.4. The summed E-state index contributed by atoms with van der Waals surface area (Å²) in [6.45, 7) is 6.33. The number of nitrogens with one attached hydrogen (secondary N) is 1. The van der Waals surface area contributed by atoms with E-state index in [0.717, 1.165) is 45.3 Å². The topological polar surface area (TPSA) is 51.5 Å². The van der Waals surface area contributed by atoms with Gasteiger partial charge in [-0.25, -0.2) is 4.39 Å². The lowest BCUT2D eigenvalue weighted by Crippen LogP contribution is -2.10. The van der Waals surface area contributed by atoms with Gasteiger partial charge in [0.1, 0.15) is 17.1 Å². The summed E-state index contributed by atoms with van der Waals surface area (Å²) in [5.41, 5.74) is 5.81. The number of allylic oxidation sites excluding steroid dienone is 1. The molecule has 1 heterocycles. The number of fused-ring (bicyclic) bond motifs is 1. The van der Waals surface area contributed by atoms with E-state index in [-0.39, 0.29) is 11.7 Å². The first kappa shape index (κ1) is 22.3. The standard InChI is InChI=1S/C28H26FNO3/c1-4-19-8-6-7-9-25(19)30-28(31)14-18(3)22-15-23-24(20-10-12-21(29)13-11-20)17-33-27(23)16-26(22)32-5-2/h6-17H,4-5H2,1-3H3,(H,30,31)/b18-14+. The Morgan fingerprint density at radius 3 is 2.58 bits per heavy atom. The summed E-state index contributed by atoms with van der Waals surface area (Å²) in [7, 11) is 0. The molecule has 4 rings (SSSR count). The van der Waals surface area contributed by atoms with Crippen LogP contribution in [0.3, 0.4) is 0 Å². The Balaban J connectivity index is 1.72. The average Bonchev–Trinajstić information content (AvgIpc) is 3.22. The number of furan rings is 1. The smallest absolute Gasteiger partial charge is 0.248 e. The molecule has 0 radical (unpaired) electrons. The molecule has 3 aromatic carbocycles. The molecule has 4 nitrogen and oxygen atoms in total. The molecule has 0 unspecified atom stereocenters. The van der Waals surface area contributed by atoms with Gasteiger partial charge in [-0.2, -0.15) is 0 Å². The number of carbonyl (C=O) groups is 1. The van der Waals surface area contributed by atoms with Gasteiger partial charge in [-0.05, 0) is 61.2 Å². The second-order valence-corrected chi connectivity index (χ2v) is 7.76. The average molecular weight is 444 g/mol. The van der Waals surface area contributed by atoms with Gasteiger partial charge in [0.2, 0.25) is 5.91 Å². The molecular formula is C28H26FNO3. The lowest BCUT2D eigenvalue weighted by molar-refractivity contribution is -0.111. The van der Waals surface area contributed by atoms with Crippen LogP contribution in [-0.4, -0.2) is 12.5 Å². The number of carbonyl (C=O) groups excluding carboxylic acids is 1. The molecule has 33 heavy (non-hydrogen) atoms. The van der Waals surface area contributed by atoms with E-state index in [4.69, 9.17) is 9.15 Å². The number of rotatable bonds is 7. The first-order chi connectivity index (χ1) is 16.0. The van der Waals surface area contributed by atoms with E-state index in [1.807, 2.05) is 50.2 Å². The fourth-order valence-corrected chi connectivity index (χ4v) is 3.88. The van der Waals surface area contributed by atoms with Crippen molar-refractivity contribution in [1.29, 1.82) is 0 Å². The predicted octanol–water partition coefficient (Wildman–Crippen LogP) is 7.24. The fraction of sp³-hybridized carbons (Fsp3) is 0.179. The number of para-hydroxylation sites is 1. The molecular weight excluding hydrogens is 417 g/mol. The van der Waals surface area contributed by atoms with Crippen molar-refractivity contribution in [2.45, 2.75) is 27.2 Å². The van der Waals surface area contributed by atoms with Gasteiger partial charge in [0.25, 0.3) is 0 Å². The largest absolute Gasteiger partial charge is 0.493 e. The highest BCUT2D eigenvalue weighted by Gasteiger charge is 2.15. The monoisotopic (exact) mass is 443 g/mol. The maximum Gasteiger partial charge on any atom is 0.248 e. The Bertz CT molecular complexity index is 1320. The molecule has 0 bridgehead atoms. The lowest BCUT2D eigenvalue weighted by Gasteiger charge is -2.12. The molecule has 168 valence electrons. The highest BCUT2D eigenvalue weighted by molar-refractivity contribution is 6.05. The van der Waals surface area contributed by atoms with Gasteiger partial charge in [0.05, 0.1) is 12.9 Å². The number of aryl methyl sites for hydroxylation is 1. The third-order valence-corrected chi connectivity index (χ3v) is 5.56. The van der Waals surface area contributed by atoms with Crippen LogP contribution in [-0.2, 0) is 11.2 Å². The van der Waals surface area contributed by atoms with E-state index in [2.05, 4.69) is 12.2 Å². The summed E-state index contributed by atoms with van der Waals surface area (Å²) < 4.78 is 25.0. The first-order valence-corrected chi connectivity index (χ1v) is 11.0. The molecule has 0 saturated heterocycles. The minimum absolute atomic E-state index is 0.207. The molecule has 0 atom stereocenters. The van der Waals surface area contributed by atoms with Gasteiger partial charge in [0, 0.05) is 34.3 Å². The molecule has 1 N–H and O–H groups in total. The van der Waals surface area contributed by atoms with E-state index in [1.165, 1.54) is 12.1 Å². The van der Waals surface area contributed by atoms with Gasteiger partial charge in [-0.3, -0.25) is 4.79 Å². The van der Waals surface area contributed by atoms with Gasteiger partial charge >= 0.3 is 0 Å². The van der Waals surface area contributed by atoms with Crippen LogP contribution < -0.4 is 10.1 Å². The summed E-state index contributed by atoms with van der Waals surface area (Å²) in [6.07, 6.45) is 4.07. The number of benzene rings is 3. The number of anilines is 1. The Hall–Kier alpha value is -3.86. The molecule has 0 saturated carbocycles. The van der Waals surface area contributed by atoms with Crippen LogP contribution in [0.5, 0.6) is 5.75 Å². The Morgan fingerprint density at radius 1 is 1.09 bits per heavy atom. The fourth-order valence-electron chi connectivity index (χ4n) is 3.88. The van der Waals surface area contributed by atoms with Crippen molar-refractivity contribution >= 4 is 28.1 Å². The summed E-state index contributed by atoms with van der Waals surface area (Å²) in [5, 5.41) is 3.84. The second kappa shape index (κ2) is 9.74.